The largest absolute Gasteiger partial charge is 0.368 e. The van der Waals surface area contributed by atoms with E-state index in [4.69, 9.17) is 5.73 Å². The van der Waals surface area contributed by atoms with Crippen molar-refractivity contribution < 1.29 is 19.2 Å². The fourth-order valence-electron chi connectivity index (χ4n) is 2.47. The Labute approximate surface area is 181 Å². The molecule has 4 N–H and O–H groups in total. The van der Waals surface area contributed by atoms with E-state index in [1.165, 1.54) is 4.90 Å². The molecule has 0 aromatic heterocycles. The van der Waals surface area contributed by atoms with Crippen LogP contribution in [0, 0.1) is 11.8 Å². The van der Waals surface area contributed by atoms with Gasteiger partial charge in [-0.3, -0.25) is 19.2 Å². The Hall–Kier alpha value is -2.64. The minimum absolute atomic E-state index is 0.121. The summed E-state index contributed by atoms with van der Waals surface area (Å²) in [5.74, 6) is -0.368. The molecule has 8 nitrogen and oxygen atoms in total. The molecule has 0 radical (unpaired) electrons. The minimum atomic E-state index is -0.609. The van der Waals surface area contributed by atoms with Gasteiger partial charge in [-0.2, -0.15) is 0 Å². The zero-order valence-corrected chi connectivity index (χ0v) is 19.2. The minimum Gasteiger partial charge on any atom is -0.368 e. The number of likely N-dealkylation sites (N-methyl/N-ethyl adjacent to an activating group) is 1. The molecule has 1 fully saturated rings. The van der Waals surface area contributed by atoms with Crippen LogP contribution < -0.4 is 16.4 Å². The summed E-state index contributed by atoms with van der Waals surface area (Å²) in [6.45, 7) is 15.4. The summed E-state index contributed by atoms with van der Waals surface area (Å²) < 4.78 is 0. The van der Waals surface area contributed by atoms with Crippen LogP contribution in [0.4, 0.5) is 0 Å². The number of hydrogen-bond acceptors (Lipinski definition) is 4. The van der Waals surface area contributed by atoms with Gasteiger partial charge in [-0.05, 0) is 32.1 Å². The highest BCUT2D eigenvalue weighted by Crippen LogP contribution is 2.12. The van der Waals surface area contributed by atoms with Gasteiger partial charge in [-0.25, -0.2) is 0 Å². The Kier molecular flexibility index (Phi) is 17.0. The number of nitrogens with two attached hydrogens (primary N) is 1. The lowest BCUT2D eigenvalue weighted by Crippen LogP contribution is -2.49. The molecule has 0 aromatic carbocycles. The zero-order chi connectivity index (χ0) is 23.7. The second-order valence-electron chi connectivity index (χ2n) is 7.55. The van der Waals surface area contributed by atoms with Gasteiger partial charge in [-0.1, -0.05) is 32.9 Å². The van der Waals surface area contributed by atoms with E-state index in [1.54, 1.807) is 19.2 Å². The third-order valence-electron chi connectivity index (χ3n) is 4.18. The molecule has 0 aliphatic carbocycles. The van der Waals surface area contributed by atoms with Crippen molar-refractivity contribution in [2.45, 2.75) is 59.4 Å². The molecule has 0 bridgehead atoms. The first-order valence-corrected chi connectivity index (χ1v) is 10.3. The van der Waals surface area contributed by atoms with Gasteiger partial charge in [0.2, 0.25) is 23.6 Å². The number of nitrogens with one attached hydrogen (secondary N) is 2. The molecule has 1 heterocycles. The molecule has 1 rings (SSSR count). The molecular formula is C22H40N4O4. The van der Waals surface area contributed by atoms with Gasteiger partial charge in [-0.15, -0.1) is 13.2 Å². The number of amides is 4. The Morgan fingerprint density at radius 1 is 1.33 bits per heavy atom. The Morgan fingerprint density at radius 3 is 2.23 bits per heavy atom. The van der Waals surface area contributed by atoms with Crippen molar-refractivity contribution in [3.63, 3.8) is 0 Å². The van der Waals surface area contributed by atoms with E-state index >= 15 is 0 Å². The fourth-order valence-corrected chi connectivity index (χ4v) is 2.47. The number of hydrogen-bond donors (Lipinski definition) is 3. The van der Waals surface area contributed by atoms with E-state index in [9.17, 15) is 19.2 Å². The molecule has 1 aliphatic heterocycles. The number of nitrogens with zero attached hydrogens (tertiary/aromatic N) is 1. The quantitative estimate of drug-likeness (QED) is 0.488. The highest BCUT2D eigenvalue weighted by atomic mass is 16.2. The number of carbonyl (C=O) groups is 4. The molecule has 30 heavy (non-hydrogen) atoms. The Bertz CT molecular complexity index is 575. The van der Waals surface area contributed by atoms with Gasteiger partial charge in [0, 0.05) is 25.9 Å². The molecule has 172 valence electrons. The van der Waals surface area contributed by atoms with Crippen LogP contribution in [0.3, 0.4) is 0 Å². The lowest BCUT2D eigenvalue weighted by molar-refractivity contribution is -0.139. The smallest absolute Gasteiger partial charge is 0.243 e. The fraction of sp³-hybridized carbons (Fsp3) is 0.636. The first kappa shape index (κ1) is 29.6. The van der Waals surface area contributed by atoms with Crippen LogP contribution in [-0.2, 0) is 19.2 Å². The van der Waals surface area contributed by atoms with Crippen molar-refractivity contribution in [3.05, 3.63) is 25.3 Å². The number of allylic oxidation sites excluding steroid dienone is 2. The predicted molar refractivity (Wildman–Crippen MR) is 120 cm³/mol. The zero-order valence-electron chi connectivity index (χ0n) is 19.2. The van der Waals surface area contributed by atoms with Crippen molar-refractivity contribution in [2.24, 2.45) is 17.6 Å². The van der Waals surface area contributed by atoms with Gasteiger partial charge in [0.15, 0.2) is 0 Å². The summed E-state index contributed by atoms with van der Waals surface area (Å²) in [5.41, 5.74) is 5.00. The maximum Gasteiger partial charge on any atom is 0.243 e. The highest BCUT2D eigenvalue weighted by molar-refractivity contribution is 5.90. The lowest BCUT2D eigenvalue weighted by atomic mass is 10.0. The standard InChI is InChI=1S/C14H25N3O3.C5H9NO.C3H6/c1-5-6-7-13(19)17(4)11(8-10(2)3)14(20)16-9-12(15)18;1-4-2-3-6-5(4)7;1-3-2/h5,10-11H,1,6-9H2,2-4H3,(H2,15,18)(H,16,20);4H,2-3H2,1H3,(H,6,7);3H,1H2,2H3. The lowest BCUT2D eigenvalue weighted by Gasteiger charge is -2.28. The summed E-state index contributed by atoms with van der Waals surface area (Å²) >= 11 is 0. The molecule has 0 aromatic rings. The maximum absolute atomic E-state index is 12.1. The van der Waals surface area contributed by atoms with Crippen LogP contribution >= 0.6 is 0 Å². The van der Waals surface area contributed by atoms with Crippen molar-refractivity contribution in [3.8, 4) is 0 Å². The third-order valence-corrected chi connectivity index (χ3v) is 4.18. The normalized spacial score (nSPS) is 15.4. The second-order valence-corrected chi connectivity index (χ2v) is 7.55. The van der Waals surface area contributed by atoms with Crippen LogP contribution in [0.1, 0.15) is 53.4 Å². The van der Waals surface area contributed by atoms with Gasteiger partial charge in [0.25, 0.3) is 0 Å². The molecular weight excluding hydrogens is 384 g/mol. The van der Waals surface area contributed by atoms with Gasteiger partial charge >= 0.3 is 0 Å². The molecule has 0 spiro atoms. The first-order chi connectivity index (χ1) is 14.0. The SMILES string of the molecule is C=CC.C=CCCC(=O)N(C)C(CC(C)C)C(=O)NCC(N)=O.CC1CCNC1=O. The van der Waals surface area contributed by atoms with E-state index in [0.717, 1.165) is 13.0 Å². The van der Waals surface area contributed by atoms with Crippen LogP contribution in [0.15, 0.2) is 25.3 Å². The monoisotopic (exact) mass is 424 g/mol. The van der Waals surface area contributed by atoms with E-state index in [-0.39, 0.29) is 36.1 Å². The van der Waals surface area contributed by atoms with Gasteiger partial charge in [0.05, 0.1) is 6.54 Å². The van der Waals surface area contributed by atoms with Crippen LogP contribution in [0.25, 0.3) is 0 Å². The van der Waals surface area contributed by atoms with E-state index in [2.05, 4.69) is 23.8 Å². The van der Waals surface area contributed by atoms with Gasteiger partial charge in [0.1, 0.15) is 6.04 Å². The maximum atomic E-state index is 12.1. The van der Waals surface area contributed by atoms with Crippen LogP contribution in [-0.4, -0.2) is 54.7 Å². The third kappa shape index (κ3) is 14.4. The van der Waals surface area contributed by atoms with Gasteiger partial charge < -0.3 is 21.3 Å². The summed E-state index contributed by atoms with van der Waals surface area (Å²) in [4.78, 5) is 46.6. The molecule has 8 heteroatoms. The van der Waals surface area contributed by atoms with Crippen molar-refractivity contribution in [1.82, 2.24) is 15.5 Å². The number of primary amides is 1. The molecule has 4 amide bonds. The summed E-state index contributed by atoms with van der Waals surface area (Å²) in [6.07, 6.45) is 5.84. The predicted octanol–water partition coefficient (Wildman–Crippen LogP) is 1.76. The molecule has 1 saturated heterocycles. The van der Waals surface area contributed by atoms with Crippen LogP contribution in [0.2, 0.25) is 0 Å². The highest BCUT2D eigenvalue weighted by Gasteiger charge is 2.27. The summed E-state index contributed by atoms with van der Waals surface area (Å²) in [6, 6.07) is -0.591. The summed E-state index contributed by atoms with van der Waals surface area (Å²) in [5, 5.41) is 5.18. The van der Waals surface area contributed by atoms with Crippen molar-refractivity contribution in [2.75, 3.05) is 20.1 Å². The van der Waals surface area contributed by atoms with E-state index in [1.807, 2.05) is 27.7 Å². The topological polar surface area (TPSA) is 122 Å². The molecule has 1 aliphatic rings. The number of rotatable bonds is 9. The molecule has 2 unspecified atom stereocenters. The van der Waals surface area contributed by atoms with Crippen LogP contribution in [0.5, 0.6) is 0 Å². The van der Waals surface area contributed by atoms with E-state index < -0.39 is 11.9 Å². The second kappa shape index (κ2) is 17.2. The van der Waals surface area contributed by atoms with Crippen molar-refractivity contribution >= 4 is 23.6 Å². The number of carbonyl (C=O) groups excluding carboxylic acids is 4. The Morgan fingerprint density at radius 2 is 1.90 bits per heavy atom. The molecule has 2 atom stereocenters. The average molecular weight is 425 g/mol. The summed E-state index contributed by atoms with van der Waals surface area (Å²) in [7, 11) is 1.60. The Balaban J connectivity index is 0. The first-order valence-electron chi connectivity index (χ1n) is 10.3. The average Bonchev–Trinajstić information content (AvgIpc) is 3.05. The van der Waals surface area contributed by atoms with Crippen molar-refractivity contribution in [1.29, 1.82) is 0 Å². The molecule has 0 saturated carbocycles. The van der Waals surface area contributed by atoms with E-state index in [0.29, 0.717) is 19.3 Å².